The number of hydrogen-bond donors (Lipinski definition) is 2. The Morgan fingerprint density at radius 2 is 1.95 bits per heavy atom. The van der Waals surface area contributed by atoms with Gasteiger partial charge in [0.2, 0.25) is 5.91 Å². The van der Waals surface area contributed by atoms with Crippen LogP contribution in [0.1, 0.15) is 5.56 Å². The van der Waals surface area contributed by atoms with Gasteiger partial charge in [-0.15, -0.1) is 0 Å². The first-order valence-electron chi connectivity index (χ1n) is 7.07. The molecule has 2 rings (SSSR count). The van der Waals surface area contributed by atoms with Crippen LogP contribution in [0.4, 0.5) is 5.69 Å². The molecule has 0 spiro atoms. The predicted octanol–water partition coefficient (Wildman–Crippen LogP) is 3.12. The number of hydrogen-bond acceptors (Lipinski definition) is 3. The third kappa shape index (κ3) is 5.06. The molecule has 22 heavy (non-hydrogen) atoms. The number of nitrogens with one attached hydrogen (secondary N) is 2. The molecule has 0 aromatic heterocycles. The molecule has 1 amide bonds. The van der Waals surface area contributed by atoms with Crippen LogP contribution in [-0.2, 0) is 11.2 Å². The lowest BCUT2D eigenvalue weighted by Gasteiger charge is -2.11. The van der Waals surface area contributed by atoms with E-state index >= 15 is 0 Å². The van der Waals surface area contributed by atoms with Gasteiger partial charge in [0.05, 0.1) is 19.3 Å². The monoisotopic (exact) mass is 318 g/mol. The van der Waals surface area contributed by atoms with Gasteiger partial charge < -0.3 is 15.4 Å². The summed E-state index contributed by atoms with van der Waals surface area (Å²) in [5, 5.41) is 6.46. The fraction of sp³-hybridized carbons (Fsp3) is 0.235. The highest BCUT2D eigenvalue weighted by atomic mass is 35.5. The van der Waals surface area contributed by atoms with Gasteiger partial charge in [0.25, 0.3) is 0 Å². The second-order valence-corrected chi connectivity index (χ2v) is 5.24. The summed E-state index contributed by atoms with van der Waals surface area (Å²) in [6.45, 7) is 0.979. The molecule has 0 heterocycles. The predicted molar refractivity (Wildman–Crippen MR) is 89.6 cm³/mol. The molecule has 0 aliphatic heterocycles. The molecule has 0 saturated heterocycles. The summed E-state index contributed by atoms with van der Waals surface area (Å²) in [4.78, 5) is 11.9. The zero-order valence-electron chi connectivity index (χ0n) is 12.4. The summed E-state index contributed by atoms with van der Waals surface area (Å²) >= 11 is 5.93. The maximum atomic E-state index is 11.9. The first-order valence-corrected chi connectivity index (χ1v) is 7.45. The minimum atomic E-state index is -0.131. The highest BCUT2D eigenvalue weighted by Crippen LogP contribution is 2.27. The number of carbonyl (C=O) groups is 1. The van der Waals surface area contributed by atoms with Crippen molar-refractivity contribution < 1.29 is 9.53 Å². The number of carbonyl (C=O) groups excluding carboxylic acids is 1. The van der Waals surface area contributed by atoms with Crippen LogP contribution in [0.2, 0.25) is 5.02 Å². The number of benzene rings is 2. The molecule has 0 saturated carbocycles. The maximum absolute atomic E-state index is 11.9. The third-order valence-corrected chi connectivity index (χ3v) is 3.39. The number of amides is 1. The van der Waals surface area contributed by atoms with E-state index in [2.05, 4.69) is 22.8 Å². The molecule has 0 aliphatic rings. The Bertz CT molecular complexity index is 617. The maximum Gasteiger partial charge on any atom is 0.238 e. The fourth-order valence-electron chi connectivity index (χ4n) is 2.05. The van der Waals surface area contributed by atoms with Gasteiger partial charge in [0.15, 0.2) is 0 Å². The average Bonchev–Trinajstić information content (AvgIpc) is 2.53. The highest BCUT2D eigenvalue weighted by molar-refractivity contribution is 6.31. The molecule has 116 valence electrons. The summed E-state index contributed by atoms with van der Waals surface area (Å²) in [7, 11) is 1.55. The van der Waals surface area contributed by atoms with E-state index in [0.29, 0.717) is 16.5 Å². The molecule has 2 aromatic rings. The van der Waals surface area contributed by atoms with Crippen molar-refractivity contribution in [3.63, 3.8) is 0 Å². The molecule has 2 N–H and O–H groups in total. The Hall–Kier alpha value is -2.04. The van der Waals surface area contributed by atoms with Crippen LogP contribution in [0.15, 0.2) is 48.5 Å². The molecule has 0 atom stereocenters. The summed E-state index contributed by atoms with van der Waals surface area (Å²) in [5.74, 6) is 0.454. The highest BCUT2D eigenvalue weighted by Gasteiger charge is 2.07. The van der Waals surface area contributed by atoms with Gasteiger partial charge in [-0.1, -0.05) is 41.9 Å². The van der Waals surface area contributed by atoms with Crippen molar-refractivity contribution in [2.75, 3.05) is 25.5 Å². The van der Waals surface area contributed by atoms with Gasteiger partial charge in [-0.3, -0.25) is 4.79 Å². The molecule has 0 aliphatic carbocycles. The minimum Gasteiger partial charge on any atom is -0.495 e. The number of rotatable bonds is 7. The normalized spacial score (nSPS) is 10.3. The lowest BCUT2D eigenvalue weighted by atomic mass is 10.1. The van der Waals surface area contributed by atoms with Gasteiger partial charge in [0, 0.05) is 5.02 Å². The van der Waals surface area contributed by atoms with Crippen molar-refractivity contribution in [2.24, 2.45) is 0 Å². The summed E-state index contributed by atoms with van der Waals surface area (Å²) in [6, 6.07) is 15.2. The minimum absolute atomic E-state index is 0.131. The molecule has 4 nitrogen and oxygen atoms in total. The molecule has 5 heteroatoms. The number of anilines is 1. The Balaban J connectivity index is 1.77. The standard InChI is InChI=1S/C17H19ClN2O2/c1-22-16-8-7-14(18)11-15(16)20-17(21)12-19-10-9-13-5-3-2-4-6-13/h2-8,11,19H,9-10,12H2,1H3,(H,20,21). The Kier molecular flexibility index (Phi) is 6.25. The Morgan fingerprint density at radius 3 is 2.68 bits per heavy atom. The molecule has 0 unspecified atom stereocenters. The van der Waals surface area contributed by atoms with Crippen LogP contribution >= 0.6 is 11.6 Å². The van der Waals surface area contributed by atoms with Crippen molar-refractivity contribution in [3.05, 3.63) is 59.1 Å². The number of methoxy groups -OCH3 is 1. The molecule has 0 fully saturated rings. The average molecular weight is 319 g/mol. The number of halogens is 1. The summed E-state index contributed by atoms with van der Waals surface area (Å²) in [6.07, 6.45) is 0.884. The van der Waals surface area contributed by atoms with Crippen molar-refractivity contribution >= 4 is 23.2 Å². The van der Waals surface area contributed by atoms with E-state index < -0.39 is 0 Å². The van der Waals surface area contributed by atoms with Gasteiger partial charge in [-0.2, -0.15) is 0 Å². The van der Waals surface area contributed by atoms with E-state index in [0.717, 1.165) is 13.0 Å². The fourth-order valence-corrected chi connectivity index (χ4v) is 2.22. The van der Waals surface area contributed by atoms with E-state index in [4.69, 9.17) is 16.3 Å². The molecule has 0 radical (unpaired) electrons. The smallest absolute Gasteiger partial charge is 0.238 e. The Labute approximate surface area is 135 Å². The summed E-state index contributed by atoms with van der Waals surface area (Å²) < 4.78 is 5.19. The van der Waals surface area contributed by atoms with Gasteiger partial charge in [0.1, 0.15) is 5.75 Å². The molecular weight excluding hydrogens is 300 g/mol. The van der Waals surface area contributed by atoms with E-state index in [1.165, 1.54) is 5.56 Å². The van der Waals surface area contributed by atoms with Crippen LogP contribution in [0.5, 0.6) is 5.75 Å². The van der Waals surface area contributed by atoms with Crippen LogP contribution in [0, 0.1) is 0 Å². The van der Waals surface area contributed by atoms with E-state index in [1.807, 2.05) is 18.2 Å². The van der Waals surface area contributed by atoms with Crippen LogP contribution in [0.25, 0.3) is 0 Å². The second-order valence-electron chi connectivity index (χ2n) is 4.81. The van der Waals surface area contributed by atoms with Crippen molar-refractivity contribution in [3.8, 4) is 5.75 Å². The van der Waals surface area contributed by atoms with Crippen molar-refractivity contribution in [1.29, 1.82) is 0 Å². The third-order valence-electron chi connectivity index (χ3n) is 3.15. The molecule has 0 bridgehead atoms. The van der Waals surface area contributed by atoms with Crippen molar-refractivity contribution in [2.45, 2.75) is 6.42 Å². The van der Waals surface area contributed by atoms with Gasteiger partial charge in [-0.25, -0.2) is 0 Å². The lowest BCUT2D eigenvalue weighted by molar-refractivity contribution is -0.115. The van der Waals surface area contributed by atoms with Crippen molar-refractivity contribution in [1.82, 2.24) is 5.32 Å². The first-order chi connectivity index (χ1) is 10.7. The number of ether oxygens (including phenoxy) is 1. The zero-order valence-corrected chi connectivity index (χ0v) is 13.2. The van der Waals surface area contributed by atoms with E-state index in [1.54, 1.807) is 25.3 Å². The zero-order chi connectivity index (χ0) is 15.8. The van der Waals surface area contributed by atoms with E-state index in [-0.39, 0.29) is 12.5 Å². The van der Waals surface area contributed by atoms with E-state index in [9.17, 15) is 4.79 Å². The van der Waals surface area contributed by atoms with Crippen LogP contribution in [0.3, 0.4) is 0 Å². The lowest BCUT2D eigenvalue weighted by Crippen LogP contribution is -2.29. The van der Waals surface area contributed by atoms with Crippen LogP contribution in [-0.4, -0.2) is 26.1 Å². The topological polar surface area (TPSA) is 50.4 Å². The largest absolute Gasteiger partial charge is 0.495 e. The van der Waals surface area contributed by atoms with Gasteiger partial charge >= 0.3 is 0 Å². The molecule has 2 aromatic carbocycles. The SMILES string of the molecule is COc1ccc(Cl)cc1NC(=O)CNCCc1ccccc1. The van der Waals surface area contributed by atoms with Gasteiger partial charge in [-0.05, 0) is 36.7 Å². The Morgan fingerprint density at radius 1 is 1.18 bits per heavy atom. The second kappa shape index (κ2) is 8.41. The first kappa shape index (κ1) is 16.3. The van der Waals surface area contributed by atoms with Crippen LogP contribution < -0.4 is 15.4 Å². The summed E-state index contributed by atoms with van der Waals surface area (Å²) in [5.41, 5.74) is 1.82. The molecular formula is C17H19ClN2O2. The quantitative estimate of drug-likeness (QED) is 0.771.